The predicted octanol–water partition coefficient (Wildman–Crippen LogP) is 12.6. The molecule has 0 aromatic heterocycles. The summed E-state index contributed by atoms with van der Waals surface area (Å²) in [6.45, 7) is 0. The monoisotopic (exact) mass is 575 g/mol. The van der Waals surface area contributed by atoms with Crippen molar-refractivity contribution >= 4 is 70.9 Å². The number of nitrogens with zero attached hydrogens (tertiary/aromatic N) is 1. The van der Waals surface area contributed by atoms with Gasteiger partial charge in [-0.2, -0.15) is 0 Å². The predicted molar refractivity (Wildman–Crippen MR) is 194 cm³/mol. The molecule has 0 atom stereocenters. The summed E-state index contributed by atoms with van der Waals surface area (Å²) in [6.07, 6.45) is 0. The van der Waals surface area contributed by atoms with Crippen LogP contribution in [0.2, 0.25) is 0 Å². The second-order valence-corrected chi connectivity index (χ2v) is 11.4. The van der Waals surface area contributed by atoms with Crippen molar-refractivity contribution in [3.63, 3.8) is 0 Å². The molecule has 0 saturated carbocycles. The quantitative estimate of drug-likeness (QED) is 0.189. The first kappa shape index (κ1) is 21.7. The molecule has 0 fully saturated rings. The molecule has 0 heterocycles. The summed E-state index contributed by atoms with van der Waals surface area (Å²) >= 11 is 0. The zero-order valence-electron chi connectivity index (χ0n) is 28.4. The van der Waals surface area contributed by atoms with E-state index in [1.165, 1.54) is 0 Å². The SMILES string of the molecule is [2H]c1c([2H])c(N(c2ccc3ccccc3c2)c2cc3ccccc3c3ccccc23)c([2H])c([2H])c1-c1cc2ccccc2c2ccccc12. The summed E-state index contributed by atoms with van der Waals surface area (Å²) < 4.78 is 38.3. The van der Waals surface area contributed by atoms with Crippen LogP contribution in [0.25, 0.3) is 65.0 Å². The first-order valence-electron chi connectivity index (χ1n) is 17.2. The van der Waals surface area contributed by atoms with E-state index in [1.807, 2.05) is 95.9 Å². The molecule has 0 saturated heterocycles. The fourth-order valence-electron chi connectivity index (χ4n) is 6.74. The van der Waals surface area contributed by atoms with Crippen LogP contribution in [0, 0.1) is 0 Å². The van der Waals surface area contributed by atoms with Gasteiger partial charge in [0, 0.05) is 16.8 Å². The Hall–Kier alpha value is -5.92. The summed E-state index contributed by atoms with van der Waals surface area (Å²) in [5, 5.41) is 10.2. The van der Waals surface area contributed by atoms with Crippen molar-refractivity contribution in [2.24, 2.45) is 0 Å². The van der Waals surface area contributed by atoms with E-state index in [9.17, 15) is 5.48 Å². The van der Waals surface area contributed by atoms with Crippen molar-refractivity contribution in [1.82, 2.24) is 0 Å². The number of benzene rings is 9. The Morgan fingerprint density at radius 2 is 0.867 bits per heavy atom. The van der Waals surface area contributed by atoms with E-state index in [2.05, 4.69) is 60.7 Å². The smallest absolute Gasteiger partial charge is 0.0645 e. The number of hydrogen-bond donors (Lipinski definition) is 0. The number of hydrogen-bond acceptors (Lipinski definition) is 1. The van der Waals surface area contributed by atoms with Gasteiger partial charge in [0.15, 0.2) is 0 Å². The van der Waals surface area contributed by atoms with E-state index >= 15 is 0 Å². The highest BCUT2D eigenvalue weighted by Crippen LogP contribution is 2.43. The van der Waals surface area contributed by atoms with Gasteiger partial charge < -0.3 is 4.90 Å². The third kappa shape index (κ3) is 4.24. The van der Waals surface area contributed by atoms with Gasteiger partial charge in [0.05, 0.1) is 11.2 Å². The average Bonchev–Trinajstić information content (AvgIpc) is 3.15. The molecule has 9 rings (SSSR count). The van der Waals surface area contributed by atoms with Crippen LogP contribution in [0.5, 0.6) is 0 Å². The Bertz CT molecular complexity index is 2760. The van der Waals surface area contributed by atoms with Gasteiger partial charge in [-0.15, -0.1) is 0 Å². The van der Waals surface area contributed by atoms with Gasteiger partial charge in [0.25, 0.3) is 0 Å². The highest BCUT2D eigenvalue weighted by molar-refractivity contribution is 6.15. The summed E-state index contributed by atoms with van der Waals surface area (Å²) in [7, 11) is 0. The van der Waals surface area contributed by atoms with Crippen molar-refractivity contribution in [2.45, 2.75) is 0 Å². The Balaban J connectivity index is 1.37. The summed E-state index contributed by atoms with van der Waals surface area (Å²) in [6, 6.07) is 50.5. The topological polar surface area (TPSA) is 3.24 Å². The minimum Gasteiger partial charge on any atom is -0.310 e. The Morgan fingerprint density at radius 1 is 0.356 bits per heavy atom. The molecular formula is C44H29N. The maximum Gasteiger partial charge on any atom is 0.0645 e. The largest absolute Gasteiger partial charge is 0.310 e. The number of fused-ring (bicyclic) bond motifs is 7. The van der Waals surface area contributed by atoms with Crippen molar-refractivity contribution < 1.29 is 5.48 Å². The van der Waals surface area contributed by atoms with Crippen molar-refractivity contribution in [3.8, 4) is 11.1 Å². The molecule has 9 aromatic carbocycles. The Kier molecular flexibility index (Phi) is 5.00. The van der Waals surface area contributed by atoms with E-state index < -0.39 is 0 Å². The third-order valence-electron chi connectivity index (χ3n) is 8.85. The van der Waals surface area contributed by atoms with Gasteiger partial charge in [-0.05, 0) is 96.0 Å². The van der Waals surface area contributed by atoms with Crippen LogP contribution in [0.3, 0.4) is 0 Å². The van der Waals surface area contributed by atoms with E-state index in [0.717, 1.165) is 65.2 Å². The molecule has 0 aliphatic heterocycles. The molecule has 0 unspecified atom stereocenters. The maximum absolute atomic E-state index is 9.62. The fraction of sp³-hybridized carbons (Fsp3) is 0. The lowest BCUT2D eigenvalue weighted by molar-refractivity contribution is 1.31. The first-order valence-corrected chi connectivity index (χ1v) is 15.2. The standard InChI is InChI=1S/C44H29N/c1-2-12-32-27-36(26-21-30(32)11-1)45(44-29-34-14-4-6-16-38(34)40-18-9-10-20-42(40)44)35-24-22-31(23-25-35)43-28-33-13-3-5-15-37(33)39-17-7-8-19-41(39)43/h1-29H/i22D,23D,24D,25D. The fourth-order valence-corrected chi connectivity index (χ4v) is 6.74. The highest BCUT2D eigenvalue weighted by atomic mass is 15.1. The minimum atomic E-state index is -0.0985. The molecule has 0 spiro atoms. The second-order valence-electron chi connectivity index (χ2n) is 11.4. The van der Waals surface area contributed by atoms with Gasteiger partial charge in [0.1, 0.15) is 0 Å². The van der Waals surface area contributed by atoms with Crippen molar-refractivity contribution in [3.05, 3.63) is 176 Å². The van der Waals surface area contributed by atoms with Crippen molar-refractivity contribution in [2.75, 3.05) is 4.90 Å². The molecular weight excluding hydrogens is 542 g/mol. The normalized spacial score (nSPS) is 12.8. The van der Waals surface area contributed by atoms with Gasteiger partial charge in [0.2, 0.25) is 0 Å². The van der Waals surface area contributed by atoms with Gasteiger partial charge >= 0.3 is 0 Å². The van der Waals surface area contributed by atoms with Crippen LogP contribution in [0.1, 0.15) is 5.48 Å². The van der Waals surface area contributed by atoms with Crippen molar-refractivity contribution in [1.29, 1.82) is 0 Å². The molecule has 0 aliphatic carbocycles. The Labute approximate surface area is 267 Å². The van der Waals surface area contributed by atoms with E-state index in [-0.39, 0.29) is 29.9 Å². The minimum absolute atomic E-state index is 0.0766. The summed E-state index contributed by atoms with van der Waals surface area (Å²) in [5.41, 5.74) is 2.73. The lowest BCUT2D eigenvalue weighted by Gasteiger charge is -2.28. The van der Waals surface area contributed by atoms with Crippen LogP contribution in [0.4, 0.5) is 17.1 Å². The molecule has 1 nitrogen and oxygen atoms in total. The van der Waals surface area contributed by atoms with E-state index in [4.69, 9.17) is 0 Å². The summed E-state index contributed by atoms with van der Waals surface area (Å²) in [5.74, 6) is 0. The molecule has 1 heteroatoms. The Morgan fingerprint density at radius 3 is 1.56 bits per heavy atom. The zero-order chi connectivity index (χ0) is 33.2. The molecule has 9 aromatic rings. The van der Waals surface area contributed by atoms with E-state index in [0.29, 0.717) is 11.1 Å². The second kappa shape index (κ2) is 10.4. The zero-order valence-corrected chi connectivity index (χ0v) is 24.4. The van der Waals surface area contributed by atoms with Gasteiger partial charge in [-0.3, -0.25) is 0 Å². The molecule has 0 aliphatic rings. The van der Waals surface area contributed by atoms with Gasteiger partial charge in [-0.1, -0.05) is 139 Å². The lowest BCUT2D eigenvalue weighted by atomic mass is 9.93. The molecule has 0 radical (unpaired) electrons. The molecule has 0 bridgehead atoms. The molecule has 0 N–H and O–H groups in total. The van der Waals surface area contributed by atoms with Gasteiger partial charge in [-0.25, -0.2) is 0 Å². The highest BCUT2D eigenvalue weighted by Gasteiger charge is 2.18. The van der Waals surface area contributed by atoms with Crippen LogP contribution in [0.15, 0.2) is 176 Å². The average molecular weight is 576 g/mol. The van der Waals surface area contributed by atoms with Crippen LogP contribution in [-0.4, -0.2) is 0 Å². The molecule has 0 amide bonds. The maximum atomic E-state index is 9.62. The van der Waals surface area contributed by atoms with E-state index in [1.54, 1.807) is 0 Å². The summed E-state index contributed by atoms with van der Waals surface area (Å²) in [4.78, 5) is 1.92. The van der Waals surface area contributed by atoms with Crippen LogP contribution < -0.4 is 4.90 Å². The lowest BCUT2D eigenvalue weighted by Crippen LogP contribution is -2.10. The van der Waals surface area contributed by atoms with Crippen LogP contribution in [-0.2, 0) is 0 Å². The number of rotatable bonds is 4. The first-order chi connectivity index (χ1) is 24.0. The number of anilines is 3. The third-order valence-corrected chi connectivity index (χ3v) is 8.85. The molecule has 210 valence electrons. The molecule has 45 heavy (non-hydrogen) atoms. The van der Waals surface area contributed by atoms with Crippen LogP contribution >= 0.6 is 0 Å².